The van der Waals surface area contributed by atoms with Crippen LogP contribution in [0.1, 0.15) is 25.7 Å². The Kier molecular flexibility index (Phi) is 6.36. The summed E-state index contributed by atoms with van der Waals surface area (Å²) in [5.74, 6) is 0. The average molecular weight is 311 g/mol. The summed E-state index contributed by atoms with van der Waals surface area (Å²) >= 11 is 0. The van der Waals surface area contributed by atoms with Crippen molar-refractivity contribution in [3.8, 4) is 0 Å². The van der Waals surface area contributed by atoms with Gasteiger partial charge in [0.25, 0.3) is 0 Å². The van der Waals surface area contributed by atoms with Crippen LogP contribution in [0, 0.1) is 6.08 Å². The quantitative estimate of drug-likeness (QED) is 0.228. The van der Waals surface area contributed by atoms with Gasteiger partial charge in [-0.15, -0.1) is 6.42 Å². The zero-order valence-electron chi connectivity index (χ0n) is 8.09. The summed E-state index contributed by atoms with van der Waals surface area (Å²) < 4.78 is 59.2. The maximum atomic E-state index is 9.87. The van der Waals surface area contributed by atoms with E-state index in [1.165, 1.54) is 25.7 Å². The molecule has 0 saturated heterocycles. The minimum Gasteiger partial charge on any atom is -0.255 e. The molecule has 0 amide bonds. The van der Waals surface area contributed by atoms with Gasteiger partial charge in [-0.05, 0) is 0 Å². The van der Waals surface area contributed by atoms with Crippen LogP contribution >= 0.6 is 7.81 Å². The van der Waals surface area contributed by atoms with Gasteiger partial charge in [-0.2, -0.15) is 6.08 Å². The van der Waals surface area contributed by atoms with Crippen LogP contribution in [-0.4, -0.2) is 0 Å². The Labute approximate surface area is 99.9 Å². The third-order valence-electron chi connectivity index (χ3n) is 1.30. The number of hydrogen-bond acceptors (Lipinski definition) is 0. The standard InChI is InChI=1S/C8H11.F6P.Ni/c1-2-4-6-8-7-5-3-1;1-7(2,3,4,5)6;/h1-2,6H,3,5,7-8H2;;/q2*-1;+2. The molecule has 0 heterocycles. The van der Waals surface area contributed by atoms with Crippen LogP contribution in [0.2, 0.25) is 0 Å². The molecule has 0 bridgehead atoms. The van der Waals surface area contributed by atoms with Crippen LogP contribution < -0.4 is 0 Å². The summed E-state index contributed by atoms with van der Waals surface area (Å²) in [7, 11) is -10.7. The van der Waals surface area contributed by atoms with E-state index in [-0.39, 0.29) is 16.5 Å². The Morgan fingerprint density at radius 3 is 1.81 bits per heavy atom. The fraction of sp³-hybridized carbons (Fsp3) is 0.500. The molecule has 16 heavy (non-hydrogen) atoms. The largest absolute Gasteiger partial charge is 2.00 e. The van der Waals surface area contributed by atoms with Crippen molar-refractivity contribution < 1.29 is 41.7 Å². The van der Waals surface area contributed by atoms with Crippen LogP contribution in [-0.2, 0) is 16.5 Å². The van der Waals surface area contributed by atoms with Gasteiger partial charge in [-0.3, -0.25) is 6.08 Å². The predicted octanol–water partition coefficient (Wildman–Crippen LogP) is 5.86. The third kappa shape index (κ3) is 37.0. The summed E-state index contributed by atoms with van der Waals surface area (Å²) in [6.45, 7) is 0. The minimum absolute atomic E-state index is 0. The van der Waals surface area contributed by atoms with Crippen molar-refractivity contribution in [1.29, 1.82) is 0 Å². The average Bonchev–Trinajstić information content (AvgIpc) is 1.75. The van der Waals surface area contributed by atoms with E-state index in [4.69, 9.17) is 0 Å². The van der Waals surface area contributed by atoms with E-state index in [0.29, 0.717) is 0 Å². The first-order chi connectivity index (χ1) is 6.45. The van der Waals surface area contributed by atoms with E-state index < -0.39 is 7.81 Å². The molecule has 0 spiro atoms. The van der Waals surface area contributed by atoms with E-state index >= 15 is 0 Å². The smallest absolute Gasteiger partial charge is 0.255 e. The molecule has 0 N–H and O–H groups in total. The van der Waals surface area contributed by atoms with Gasteiger partial charge in [0.1, 0.15) is 0 Å². The predicted molar refractivity (Wildman–Crippen MR) is 49.0 cm³/mol. The molecule has 0 aliphatic heterocycles. The minimum atomic E-state index is -10.7. The molecule has 0 aromatic carbocycles. The Morgan fingerprint density at radius 1 is 0.875 bits per heavy atom. The molecule has 1 aliphatic carbocycles. The number of hydrogen-bond donors (Lipinski definition) is 0. The van der Waals surface area contributed by atoms with Crippen molar-refractivity contribution >= 4 is 7.81 Å². The summed E-state index contributed by atoms with van der Waals surface area (Å²) in [4.78, 5) is 0. The Balaban J connectivity index is 0. The molecule has 1 rings (SSSR count). The summed E-state index contributed by atoms with van der Waals surface area (Å²) in [6.07, 6.45) is 14.5. The van der Waals surface area contributed by atoms with Crippen LogP contribution in [0.25, 0.3) is 0 Å². The second-order valence-corrected chi connectivity index (χ2v) is 4.93. The second-order valence-electron chi connectivity index (χ2n) is 3.02. The summed E-state index contributed by atoms with van der Waals surface area (Å²) in [5.41, 5.74) is 0. The molecular weight excluding hydrogens is 300 g/mol. The van der Waals surface area contributed by atoms with Gasteiger partial charge >= 0.3 is 49.5 Å². The summed E-state index contributed by atoms with van der Waals surface area (Å²) in [6, 6.07) is 0. The van der Waals surface area contributed by atoms with Crippen LogP contribution in [0.15, 0.2) is 18.2 Å². The van der Waals surface area contributed by atoms with E-state index in [9.17, 15) is 25.2 Å². The van der Waals surface area contributed by atoms with Gasteiger partial charge in [0.2, 0.25) is 0 Å². The number of rotatable bonds is 0. The molecule has 0 radical (unpaired) electrons. The maximum absolute atomic E-state index is 10.7. The molecule has 0 atom stereocenters. The molecule has 100 valence electrons. The van der Waals surface area contributed by atoms with E-state index in [1.807, 2.05) is 6.08 Å². The maximum Gasteiger partial charge on any atom is 2.00 e. The van der Waals surface area contributed by atoms with E-state index in [0.717, 1.165) is 0 Å². The van der Waals surface area contributed by atoms with Crippen LogP contribution in [0.5, 0.6) is 0 Å². The molecular formula is C8H11F6NiP. The van der Waals surface area contributed by atoms with Crippen molar-refractivity contribution in [2.75, 3.05) is 0 Å². The van der Waals surface area contributed by atoms with Crippen molar-refractivity contribution in [3.63, 3.8) is 0 Å². The zero-order valence-corrected chi connectivity index (χ0v) is 9.97. The van der Waals surface area contributed by atoms with Gasteiger partial charge in [0.15, 0.2) is 0 Å². The zero-order chi connectivity index (χ0) is 12.1. The van der Waals surface area contributed by atoms with E-state index in [1.54, 1.807) is 0 Å². The van der Waals surface area contributed by atoms with Crippen molar-refractivity contribution in [2.24, 2.45) is 0 Å². The van der Waals surface area contributed by atoms with Gasteiger partial charge in [0.05, 0.1) is 0 Å². The Bertz CT molecular complexity index is 226. The van der Waals surface area contributed by atoms with Crippen molar-refractivity contribution in [1.82, 2.24) is 0 Å². The number of allylic oxidation sites excluding steroid dienone is 4. The first kappa shape index (κ1) is 18.4. The van der Waals surface area contributed by atoms with Gasteiger partial charge in [-0.25, -0.2) is 12.2 Å². The first-order valence-electron chi connectivity index (χ1n) is 4.24. The molecule has 0 aromatic rings. The molecule has 0 nitrogen and oxygen atoms in total. The Morgan fingerprint density at radius 2 is 1.31 bits per heavy atom. The topological polar surface area (TPSA) is 0 Å². The normalized spacial score (nSPS) is 20.1. The van der Waals surface area contributed by atoms with Crippen molar-refractivity contribution in [3.05, 3.63) is 24.3 Å². The molecule has 0 unspecified atom stereocenters. The molecule has 0 fully saturated rings. The van der Waals surface area contributed by atoms with Gasteiger partial charge in [-0.1, -0.05) is 19.3 Å². The fourth-order valence-electron chi connectivity index (χ4n) is 0.811. The molecule has 8 heteroatoms. The molecule has 0 saturated carbocycles. The van der Waals surface area contributed by atoms with Gasteiger partial charge < -0.3 is 0 Å². The number of halogens is 6. The van der Waals surface area contributed by atoms with Crippen LogP contribution in [0.3, 0.4) is 0 Å². The molecule has 1 aliphatic rings. The van der Waals surface area contributed by atoms with Gasteiger partial charge in [0, 0.05) is 0 Å². The second kappa shape index (κ2) is 5.55. The third-order valence-corrected chi connectivity index (χ3v) is 1.30. The van der Waals surface area contributed by atoms with Crippen LogP contribution in [0.4, 0.5) is 25.2 Å². The first-order valence-corrected chi connectivity index (χ1v) is 6.27. The fourth-order valence-corrected chi connectivity index (χ4v) is 0.811. The monoisotopic (exact) mass is 310 g/mol. The van der Waals surface area contributed by atoms with Crippen molar-refractivity contribution in [2.45, 2.75) is 25.7 Å². The Hall–Kier alpha value is -0.0165. The van der Waals surface area contributed by atoms with E-state index in [2.05, 4.69) is 18.2 Å². The summed E-state index contributed by atoms with van der Waals surface area (Å²) in [5, 5.41) is 0. The SMILES string of the molecule is F[P-](F)(F)(F)(F)F.[C-]1=CCCCCC=C1.[Ni+2]. The molecule has 0 aromatic heterocycles.